The Hall–Kier alpha value is -2.72. The van der Waals surface area contributed by atoms with Gasteiger partial charge in [-0.15, -0.1) is 0 Å². The van der Waals surface area contributed by atoms with E-state index in [-0.39, 0.29) is 11.8 Å². The van der Waals surface area contributed by atoms with Crippen molar-refractivity contribution in [1.82, 2.24) is 10.2 Å². The van der Waals surface area contributed by atoms with Crippen LogP contribution in [0.3, 0.4) is 0 Å². The number of hydrogen-bond acceptors (Lipinski definition) is 2. The van der Waals surface area contributed by atoms with Gasteiger partial charge in [0.25, 0.3) is 0 Å². The van der Waals surface area contributed by atoms with E-state index in [0.717, 1.165) is 0 Å². The Balaban J connectivity index is 2.28. The monoisotopic (exact) mass is 338 g/mol. The number of rotatable bonds is 2. The molecule has 0 radical (unpaired) electrons. The number of hydrogen-bond donors (Lipinski definition) is 3. The van der Waals surface area contributed by atoms with Gasteiger partial charge in [0.05, 0.1) is 23.0 Å². The second-order valence-electron chi connectivity index (χ2n) is 4.36. The Morgan fingerprint density at radius 1 is 0.913 bits per heavy atom. The highest BCUT2D eigenvalue weighted by molar-refractivity contribution is 5.99. The minimum Gasteiger partial charge on any atom is -0.308 e. The SMILES string of the molecule is O=C(Nc1cn[nH]c1)Nc1cc(C(F)(F)F)cc(C(F)(F)F)c1. The van der Waals surface area contributed by atoms with Gasteiger partial charge in [0.2, 0.25) is 0 Å². The molecule has 5 nitrogen and oxygen atoms in total. The maximum absolute atomic E-state index is 12.7. The van der Waals surface area contributed by atoms with Crippen LogP contribution in [0.5, 0.6) is 0 Å². The zero-order valence-corrected chi connectivity index (χ0v) is 11.0. The topological polar surface area (TPSA) is 69.8 Å². The Labute approximate surface area is 124 Å². The number of urea groups is 1. The number of carbonyl (C=O) groups is 1. The number of benzene rings is 1. The van der Waals surface area contributed by atoms with E-state index < -0.39 is 35.2 Å². The molecule has 2 rings (SSSR count). The van der Waals surface area contributed by atoms with Crippen LogP contribution in [0, 0.1) is 0 Å². The quantitative estimate of drug-likeness (QED) is 0.722. The molecule has 0 spiro atoms. The van der Waals surface area contributed by atoms with Gasteiger partial charge in [0.15, 0.2) is 0 Å². The van der Waals surface area contributed by atoms with Crippen LogP contribution in [0.4, 0.5) is 42.5 Å². The van der Waals surface area contributed by atoms with E-state index >= 15 is 0 Å². The Morgan fingerprint density at radius 3 is 1.87 bits per heavy atom. The van der Waals surface area contributed by atoms with Crippen LogP contribution in [0.2, 0.25) is 0 Å². The van der Waals surface area contributed by atoms with Crippen molar-refractivity contribution in [2.45, 2.75) is 12.4 Å². The van der Waals surface area contributed by atoms with Gasteiger partial charge in [-0.25, -0.2) is 4.79 Å². The molecular weight excluding hydrogens is 330 g/mol. The number of nitrogens with zero attached hydrogens (tertiary/aromatic N) is 1. The van der Waals surface area contributed by atoms with Crippen molar-refractivity contribution in [2.24, 2.45) is 0 Å². The summed E-state index contributed by atoms with van der Waals surface area (Å²) in [7, 11) is 0. The summed E-state index contributed by atoms with van der Waals surface area (Å²) in [5, 5.41) is 9.97. The van der Waals surface area contributed by atoms with Crippen molar-refractivity contribution in [3.63, 3.8) is 0 Å². The molecule has 0 bridgehead atoms. The molecule has 124 valence electrons. The number of halogens is 6. The van der Waals surface area contributed by atoms with Crippen LogP contribution in [-0.4, -0.2) is 16.2 Å². The molecule has 2 aromatic rings. The first-order valence-electron chi connectivity index (χ1n) is 5.92. The maximum atomic E-state index is 12.7. The third kappa shape index (κ3) is 4.37. The number of H-pyrrole nitrogens is 1. The van der Waals surface area contributed by atoms with Gasteiger partial charge in [-0.1, -0.05) is 0 Å². The second-order valence-corrected chi connectivity index (χ2v) is 4.36. The molecule has 0 aliphatic carbocycles. The summed E-state index contributed by atoms with van der Waals surface area (Å²) in [6.45, 7) is 0. The van der Waals surface area contributed by atoms with Crippen LogP contribution < -0.4 is 10.6 Å². The van der Waals surface area contributed by atoms with E-state index in [1.807, 2.05) is 5.32 Å². The molecule has 1 aromatic heterocycles. The number of carbonyl (C=O) groups excluding carboxylic acids is 1. The molecule has 0 saturated carbocycles. The zero-order chi connectivity index (χ0) is 17.3. The lowest BCUT2D eigenvalue weighted by atomic mass is 10.1. The van der Waals surface area contributed by atoms with Crippen molar-refractivity contribution in [3.05, 3.63) is 41.7 Å². The molecule has 0 saturated heterocycles. The van der Waals surface area contributed by atoms with Gasteiger partial charge in [-0.05, 0) is 18.2 Å². The number of amides is 2. The smallest absolute Gasteiger partial charge is 0.308 e. The third-order valence-electron chi connectivity index (χ3n) is 2.60. The normalized spacial score (nSPS) is 12.1. The summed E-state index contributed by atoms with van der Waals surface area (Å²) in [6.07, 6.45) is -7.50. The molecule has 1 heterocycles. The van der Waals surface area contributed by atoms with Crippen LogP contribution in [0.15, 0.2) is 30.6 Å². The number of alkyl halides is 6. The summed E-state index contributed by atoms with van der Waals surface area (Å²) in [6, 6.07) is -0.230. The standard InChI is InChI=1S/C12H8F6N4O/c13-11(14,15)6-1-7(12(16,17)18)3-8(2-6)21-10(23)22-9-4-19-20-5-9/h1-5H,(H,19,20)(H2,21,22,23). The van der Waals surface area contributed by atoms with Crippen molar-refractivity contribution < 1.29 is 31.1 Å². The number of aromatic nitrogens is 2. The van der Waals surface area contributed by atoms with Crippen LogP contribution in [0.1, 0.15) is 11.1 Å². The molecule has 0 aliphatic heterocycles. The summed E-state index contributed by atoms with van der Waals surface area (Å²) in [5.41, 5.74) is -3.50. The highest BCUT2D eigenvalue weighted by atomic mass is 19.4. The second kappa shape index (κ2) is 5.82. The van der Waals surface area contributed by atoms with Crippen molar-refractivity contribution in [1.29, 1.82) is 0 Å². The minimum absolute atomic E-state index is 0.0286. The molecule has 23 heavy (non-hydrogen) atoms. The zero-order valence-electron chi connectivity index (χ0n) is 11.0. The van der Waals surface area contributed by atoms with Crippen LogP contribution >= 0.6 is 0 Å². The van der Waals surface area contributed by atoms with Crippen LogP contribution in [0.25, 0.3) is 0 Å². The van der Waals surface area contributed by atoms with Gasteiger partial charge in [0.1, 0.15) is 0 Å². The first kappa shape index (κ1) is 16.6. The highest BCUT2D eigenvalue weighted by Crippen LogP contribution is 2.37. The lowest BCUT2D eigenvalue weighted by molar-refractivity contribution is -0.143. The largest absolute Gasteiger partial charge is 0.416 e. The predicted octanol–water partition coefficient (Wildman–Crippen LogP) is 4.09. The minimum atomic E-state index is -4.99. The first-order valence-corrected chi connectivity index (χ1v) is 5.92. The third-order valence-corrected chi connectivity index (χ3v) is 2.60. The van der Waals surface area contributed by atoms with Gasteiger partial charge in [-0.3, -0.25) is 5.10 Å². The Morgan fingerprint density at radius 2 is 1.43 bits per heavy atom. The van der Waals surface area contributed by atoms with E-state index in [4.69, 9.17) is 0 Å². The van der Waals surface area contributed by atoms with Crippen molar-refractivity contribution in [3.8, 4) is 0 Å². The number of aromatic amines is 1. The predicted molar refractivity (Wildman–Crippen MR) is 67.7 cm³/mol. The van der Waals surface area contributed by atoms with Crippen molar-refractivity contribution in [2.75, 3.05) is 10.6 Å². The van der Waals surface area contributed by atoms with E-state index in [9.17, 15) is 31.1 Å². The van der Waals surface area contributed by atoms with E-state index in [1.165, 1.54) is 12.4 Å². The summed E-state index contributed by atoms with van der Waals surface area (Å²) < 4.78 is 76.0. The fraction of sp³-hybridized carbons (Fsp3) is 0.167. The van der Waals surface area contributed by atoms with Crippen LogP contribution in [-0.2, 0) is 12.4 Å². The van der Waals surface area contributed by atoms with Gasteiger partial charge >= 0.3 is 18.4 Å². The molecule has 3 N–H and O–H groups in total. The fourth-order valence-electron chi connectivity index (χ4n) is 1.64. The first-order chi connectivity index (χ1) is 10.6. The molecule has 11 heteroatoms. The Bertz CT molecular complexity index is 660. The van der Waals surface area contributed by atoms with Gasteiger partial charge in [-0.2, -0.15) is 31.4 Å². The summed E-state index contributed by atoms with van der Waals surface area (Å²) in [5.74, 6) is 0. The molecule has 2 amide bonds. The molecule has 1 aromatic carbocycles. The molecule has 0 atom stereocenters. The molecule has 0 fully saturated rings. The summed E-state index contributed by atoms with van der Waals surface area (Å²) >= 11 is 0. The molecule has 0 unspecified atom stereocenters. The van der Waals surface area contributed by atoms with Gasteiger partial charge in [0, 0.05) is 11.9 Å². The Kier molecular flexibility index (Phi) is 4.21. The van der Waals surface area contributed by atoms with Crippen molar-refractivity contribution >= 4 is 17.4 Å². The number of anilines is 2. The average molecular weight is 338 g/mol. The molecule has 0 aliphatic rings. The van der Waals surface area contributed by atoms with E-state index in [0.29, 0.717) is 12.1 Å². The van der Waals surface area contributed by atoms with Gasteiger partial charge < -0.3 is 10.6 Å². The fourth-order valence-corrected chi connectivity index (χ4v) is 1.64. The highest BCUT2D eigenvalue weighted by Gasteiger charge is 2.37. The maximum Gasteiger partial charge on any atom is 0.416 e. The van der Waals surface area contributed by atoms with E-state index in [2.05, 4.69) is 15.5 Å². The number of nitrogens with one attached hydrogen (secondary N) is 3. The average Bonchev–Trinajstić information content (AvgIpc) is 2.88. The summed E-state index contributed by atoms with van der Waals surface area (Å²) in [4.78, 5) is 11.6. The lowest BCUT2D eigenvalue weighted by Crippen LogP contribution is -2.20. The van der Waals surface area contributed by atoms with E-state index in [1.54, 1.807) is 0 Å². The molecular formula is C12H8F6N4O. The lowest BCUT2D eigenvalue weighted by Gasteiger charge is -2.14.